The molecule has 0 aliphatic rings. The maximum absolute atomic E-state index is 13.0. The molecule has 0 aromatic heterocycles. The Balaban J connectivity index is 1.50. The minimum Gasteiger partial charge on any atom is -0.352 e. The molecule has 2 N–H and O–H groups in total. The Bertz CT molecular complexity index is 1100. The number of nitrogens with one attached hydrogen (secondary N) is 2. The first-order valence-electron chi connectivity index (χ1n) is 9.20. The highest BCUT2D eigenvalue weighted by Gasteiger charge is 2.14. The normalized spacial score (nSPS) is 11.3. The number of halogens is 2. The molecular weight excluding hydrogens is 427 g/mol. The number of carbonyl (C=O) groups excluding carboxylic acids is 1. The predicted molar refractivity (Wildman–Crippen MR) is 114 cm³/mol. The van der Waals surface area contributed by atoms with Gasteiger partial charge in [0.2, 0.25) is 10.0 Å². The van der Waals surface area contributed by atoms with Gasteiger partial charge < -0.3 is 5.32 Å². The molecule has 0 atom stereocenters. The molecule has 3 aromatic carbocycles. The number of hydrogen-bond donors (Lipinski definition) is 2. The number of rotatable bonds is 8. The van der Waals surface area contributed by atoms with E-state index in [0.29, 0.717) is 29.1 Å². The van der Waals surface area contributed by atoms with Crippen LogP contribution in [0.4, 0.5) is 4.39 Å². The molecule has 8 heteroatoms. The van der Waals surface area contributed by atoms with Crippen molar-refractivity contribution in [2.75, 3.05) is 6.54 Å². The van der Waals surface area contributed by atoms with Gasteiger partial charge in [-0.1, -0.05) is 35.9 Å². The molecule has 0 radical (unpaired) electrons. The van der Waals surface area contributed by atoms with Crippen LogP contribution in [0, 0.1) is 5.82 Å². The lowest BCUT2D eigenvalue weighted by Crippen LogP contribution is -2.26. The van der Waals surface area contributed by atoms with Gasteiger partial charge in [0.05, 0.1) is 4.90 Å². The summed E-state index contributed by atoms with van der Waals surface area (Å²) in [5.41, 5.74) is 2.25. The van der Waals surface area contributed by atoms with E-state index in [9.17, 15) is 17.6 Å². The fourth-order valence-corrected chi connectivity index (χ4v) is 3.87. The Kier molecular flexibility index (Phi) is 7.20. The fourth-order valence-electron chi connectivity index (χ4n) is 2.72. The molecule has 30 heavy (non-hydrogen) atoms. The SMILES string of the molecule is O=C(NCCc1ccc(Cl)cc1)c1ccc(CNS(=O)(=O)c2ccc(F)cc2)cc1. The van der Waals surface area contributed by atoms with Gasteiger partial charge >= 0.3 is 0 Å². The number of hydrogen-bond acceptors (Lipinski definition) is 3. The van der Waals surface area contributed by atoms with Gasteiger partial charge in [0.1, 0.15) is 5.82 Å². The van der Waals surface area contributed by atoms with Gasteiger partial charge in [-0.25, -0.2) is 17.5 Å². The summed E-state index contributed by atoms with van der Waals surface area (Å²) in [7, 11) is -3.75. The van der Waals surface area contributed by atoms with Gasteiger partial charge in [-0.15, -0.1) is 0 Å². The standard InChI is InChI=1S/C22H20ClFN2O3S/c23-19-7-3-16(4-8-19)13-14-25-22(27)18-5-1-17(2-6-18)15-26-30(28,29)21-11-9-20(24)10-12-21/h1-12,26H,13-15H2,(H,25,27). The van der Waals surface area contributed by atoms with Crippen molar-refractivity contribution in [2.24, 2.45) is 0 Å². The topological polar surface area (TPSA) is 75.3 Å². The van der Waals surface area contributed by atoms with Crippen molar-refractivity contribution in [2.45, 2.75) is 17.9 Å². The molecule has 0 aliphatic heterocycles. The third kappa shape index (κ3) is 6.13. The lowest BCUT2D eigenvalue weighted by atomic mass is 10.1. The van der Waals surface area contributed by atoms with Crippen LogP contribution in [0.25, 0.3) is 0 Å². The molecule has 0 saturated carbocycles. The van der Waals surface area contributed by atoms with Crippen LogP contribution in [0.1, 0.15) is 21.5 Å². The minimum atomic E-state index is -3.75. The van der Waals surface area contributed by atoms with Gasteiger partial charge in [0.15, 0.2) is 0 Å². The molecule has 0 unspecified atom stereocenters. The highest BCUT2D eigenvalue weighted by atomic mass is 35.5. The molecule has 0 bridgehead atoms. The summed E-state index contributed by atoms with van der Waals surface area (Å²) in [6.07, 6.45) is 0.687. The van der Waals surface area contributed by atoms with Crippen LogP contribution in [0.5, 0.6) is 0 Å². The Hall–Kier alpha value is -2.74. The Labute approximate surface area is 179 Å². The number of amides is 1. The zero-order valence-corrected chi connectivity index (χ0v) is 17.5. The second-order valence-corrected chi connectivity index (χ2v) is 8.81. The van der Waals surface area contributed by atoms with Crippen LogP contribution < -0.4 is 10.0 Å². The molecule has 0 spiro atoms. The second kappa shape index (κ2) is 9.84. The van der Waals surface area contributed by atoms with Crippen LogP contribution in [-0.2, 0) is 23.0 Å². The van der Waals surface area contributed by atoms with Gasteiger partial charge in [0.25, 0.3) is 5.91 Å². The van der Waals surface area contributed by atoms with E-state index in [4.69, 9.17) is 11.6 Å². The van der Waals surface area contributed by atoms with E-state index in [0.717, 1.165) is 17.7 Å². The third-order valence-electron chi connectivity index (χ3n) is 4.42. The average Bonchev–Trinajstić information content (AvgIpc) is 2.74. The van der Waals surface area contributed by atoms with Crippen molar-refractivity contribution >= 4 is 27.5 Å². The Morgan fingerprint density at radius 2 is 1.47 bits per heavy atom. The second-order valence-electron chi connectivity index (χ2n) is 6.61. The van der Waals surface area contributed by atoms with Crippen molar-refractivity contribution in [1.29, 1.82) is 0 Å². The molecule has 156 valence electrons. The first-order chi connectivity index (χ1) is 14.3. The van der Waals surface area contributed by atoms with Crippen LogP contribution >= 0.6 is 11.6 Å². The van der Waals surface area contributed by atoms with Crippen molar-refractivity contribution in [3.05, 3.63) is 100 Å². The van der Waals surface area contributed by atoms with Crippen LogP contribution in [0.3, 0.4) is 0 Å². The molecule has 0 saturated heterocycles. The number of sulfonamides is 1. The van der Waals surface area contributed by atoms with Crippen LogP contribution in [0.2, 0.25) is 5.02 Å². The number of benzene rings is 3. The summed E-state index contributed by atoms with van der Waals surface area (Å²) < 4.78 is 39.9. The van der Waals surface area contributed by atoms with Gasteiger partial charge in [-0.3, -0.25) is 4.79 Å². The maximum atomic E-state index is 13.0. The van der Waals surface area contributed by atoms with E-state index in [1.807, 2.05) is 24.3 Å². The molecule has 1 amide bonds. The van der Waals surface area contributed by atoms with E-state index >= 15 is 0 Å². The average molecular weight is 447 g/mol. The first-order valence-corrected chi connectivity index (χ1v) is 11.1. The smallest absolute Gasteiger partial charge is 0.251 e. The van der Waals surface area contributed by atoms with Crippen LogP contribution in [0.15, 0.2) is 77.7 Å². The molecule has 3 aromatic rings. The van der Waals surface area contributed by atoms with E-state index < -0.39 is 15.8 Å². The van der Waals surface area contributed by atoms with Gasteiger partial charge in [-0.2, -0.15) is 0 Å². The summed E-state index contributed by atoms with van der Waals surface area (Å²) in [6.45, 7) is 0.540. The summed E-state index contributed by atoms with van der Waals surface area (Å²) in [6, 6.07) is 18.7. The van der Waals surface area contributed by atoms with E-state index in [2.05, 4.69) is 10.0 Å². The predicted octanol–water partition coefficient (Wildman–Crippen LogP) is 3.93. The summed E-state index contributed by atoms with van der Waals surface area (Å²) in [5, 5.41) is 3.52. The lowest BCUT2D eigenvalue weighted by molar-refractivity contribution is 0.0954. The maximum Gasteiger partial charge on any atom is 0.251 e. The third-order valence-corrected chi connectivity index (χ3v) is 6.09. The molecule has 0 heterocycles. The summed E-state index contributed by atoms with van der Waals surface area (Å²) in [4.78, 5) is 12.2. The molecule has 0 fully saturated rings. The highest BCUT2D eigenvalue weighted by molar-refractivity contribution is 7.89. The first kappa shape index (κ1) is 22.0. The quantitative estimate of drug-likeness (QED) is 0.550. The molecular formula is C22H20ClFN2O3S. The van der Waals surface area contributed by atoms with Crippen molar-refractivity contribution in [1.82, 2.24) is 10.0 Å². The van der Waals surface area contributed by atoms with E-state index in [-0.39, 0.29) is 17.3 Å². The largest absolute Gasteiger partial charge is 0.352 e. The zero-order chi connectivity index (χ0) is 21.6. The van der Waals surface area contributed by atoms with Crippen molar-refractivity contribution in [3.63, 3.8) is 0 Å². The Morgan fingerprint density at radius 1 is 0.867 bits per heavy atom. The molecule has 3 rings (SSSR count). The van der Waals surface area contributed by atoms with E-state index in [1.165, 1.54) is 12.1 Å². The number of carbonyl (C=O) groups is 1. The van der Waals surface area contributed by atoms with Gasteiger partial charge in [-0.05, 0) is 66.1 Å². The fraction of sp³-hybridized carbons (Fsp3) is 0.136. The van der Waals surface area contributed by atoms with E-state index in [1.54, 1.807) is 24.3 Å². The monoisotopic (exact) mass is 446 g/mol. The lowest BCUT2D eigenvalue weighted by Gasteiger charge is -2.08. The highest BCUT2D eigenvalue weighted by Crippen LogP contribution is 2.12. The van der Waals surface area contributed by atoms with Crippen molar-refractivity contribution in [3.8, 4) is 0 Å². The summed E-state index contributed by atoms with van der Waals surface area (Å²) in [5.74, 6) is -0.710. The van der Waals surface area contributed by atoms with Gasteiger partial charge in [0, 0.05) is 23.7 Å². The summed E-state index contributed by atoms with van der Waals surface area (Å²) >= 11 is 5.85. The molecule has 0 aliphatic carbocycles. The minimum absolute atomic E-state index is 0.0133. The van der Waals surface area contributed by atoms with Crippen molar-refractivity contribution < 1.29 is 17.6 Å². The zero-order valence-electron chi connectivity index (χ0n) is 15.9. The van der Waals surface area contributed by atoms with Crippen LogP contribution in [-0.4, -0.2) is 20.9 Å². The molecule has 5 nitrogen and oxygen atoms in total. The Morgan fingerprint density at radius 3 is 2.10 bits per heavy atom.